The van der Waals surface area contributed by atoms with E-state index in [2.05, 4.69) is 11.0 Å². The van der Waals surface area contributed by atoms with Gasteiger partial charge in [0.1, 0.15) is 11.5 Å². The molecule has 0 atom stereocenters. The highest BCUT2D eigenvalue weighted by Gasteiger charge is 2.34. The average Bonchev–Trinajstić information content (AvgIpc) is 3.23. The first-order valence-corrected chi connectivity index (χ1v) is 12.9. The number of morpholine rings is 1. The van der Waals surface area contributed by atoms with Crippen molar-refractivity contribution in [1.82, 2.24) is 4.90 Å². The summed E-state index contributed by atoms with van der Waals surface area (Å²) in [6, 6.07) is 23.5. The molecule has 2 heterocycles. The molecule has 2 aliphatic rings. The summed E-state index contributed by atoms with van der Waals surface area (Å²) in [7, 11) is 3.29. The van der Waals surface area contributed by atoms with Crippen LogP contribution in [0.4, 0.5) is 11.4 Å². The Hall–Kier alpha value is -3.75. The Bertz CT molecular complexity index is 1300. The lowest BCUT2D eigenvalue weighted by molar-refractivity contribution is -0.122. The molecule has 8 heteroatoms. The predicted octanol–water partition coefficient (Wildman–Crippen LogP) is 5.34. The topological polar surface area (TPSA) is 63.6 Å². The minimum atomic E-state index is -0.0881. The Morgan fingerprint density at radius 3 is 2.43 bits per heavy atom. The van der Waals surface area contributed by atoms with Crippen molar-refractivity contribution in [2.45, 2.75) is 6.54 Å². The predicted molar refractivity (Wildman–Crippen MR) is 149 cm³/mol. The molecule has 2 saturated heterocycles. The average molecular weight is 516 g/mol. The van der Waals surface area contributed by atoms with Gasteiger partial charge in [-0.1, -0.05) is 30.3 Å². The fourth-order valence-electron chi connectivity index (χ4n) is 4.24. The lowest BCUT2D eigenvalue weighted by Crippen LogP contribution is -2.36. The maximum atomic E-state index is 13.6. The number of amides is 1. The van der Waals surface area contributed by atoms with E-state index in [1.807, 2.05) is 72.8 Å². The van der Waals surface area contributed by atoms with Crippen LogP contribution in [-0.2, 0) is 16.1 Å². The van der Waals surface area contributed by atoms with Gasteiger partial charge < -0.3 is 19.1 Å². The number of ether oxygens (including phenoxy) is 3. The quantitative estimate of drug-likeness (QED) is 0.396. The van der Waals surface area contributed by atoms with E-state index in [1.165, 1.54) is 11.8 Å². The number of carbonyl (C=O) groups excluding carboxylic acids is 1. The van der Waals surface area contributed by atoms with Crippen LogP contribution in [0.3, 0.4) is 0 Å². The molecule has 0 unspecified atom stereocenters. The first kappa shape index (κ1) is 24.9. The van der Waals surface area contributed by atoms with Crippen LogP contribution in [0.5, 0.6) is 11.5 Å². The van der Waals surface area contributed by atoms with Crippen LogP contribution in [0.2, 0.25) is 0 Å². The van der Waals surface area contributed by atoms with Gasteiger partial charge in [0.2, 0.25) is 0 Å². The van der Waals surface area contributed by atoms with E-state index in [0.29, 0.717) is 29.8 Å². The first-order chi connectivity index (χ1) is 18.1. The number of aliphatic imine (C=N–C) groups is 1. The van der Waals surface area contributed by atoms with Crippen molar-refractivity contribution in [3.05, 3.63) is 88.8 Å². The lowest BCUT2D eigenvalue weighted by Gasteiger charge is -2.29. The molecule has 2 aliphatic heterocycles. The standard InChI is InChI=1S/C29H29N3O4S/c1-34-25-12-8-21(9-13-25)20-32-28(33)27(37-29(32)30-23-6-4-3-5-7-23)18-22-10-11-24(19-26(22)35-2)31-14-16-36-17-15-31/h3-13,18-19H,14-17,20H2,1-2H3/b27-18-,30-29?. The van der Waals surface area contributed by atoms with Crippen LogP contribution in [-0.4, -0.2) is 56.5 Å². The summed E-state index contributed by atoms with van der Waals surface area (Å²) in [5.74, 6) is 1.41. The summed E-state index contributed by atoms with van der Waals surface area (Å²) in [5.41, 5.74) is 3.72. The molecule has 7 nitrogen and oxygen atoms in total. The molecule has 5 rings (SSSR count). The van der Waals surface area contributed by atoms with E-state index >= 15 is 0 Å². The SMILES string of the molecule is COc1ccc(CN2C(=O)/C(=C/c3ccc(N4CCOCC4)cc3OC)SC2=Nc2ccccc2)cc1. The number of nitrogens with zero attached hydrogens (tertiary/aromatic N) is 3. The Labute approximate surface area is 221 Å². The molecular formula is C29H29N3O4S. The number of anilines is 1. The third-order valence-corrected chi connectivity index (χ3v) is 7.26. The van der Waals surface area contributed by atoms with Crippen LogP contribution in [0.25, 0.3) is 6.08 Å². The van der Waals surface area contributed by atoms with Crippen LogP contribution >= 0.6 is 11.8 Å². The van der Waals surface area contributed by atoms with Gasteiger partial charge in [-0.05, 0) is 59.8 Å². The molecule has 0 saturated carbocycles. The minimum Gasteiger partial charge on any atom is -0.497 e. The van der Waals surface area contributed by atoms with Crippen LogP contribution in [0.1, 0.15) is 11.1 Å². The fourth-order valence-corrected chi connectivity index (χ4v) is 5.22. The van der Waals surface area contributed by atoms with E-state index in [9.17, 15) is 4.79 Å². The van der Waals surface area contributed by atoms with Crippen molar-refractivity contribution in [3.63, 3.8) is 0 Å². The molecule has 0 radical (unpaired) electrons. The summed E-state index contributed by atoms with van der Waals surface area (Å²) in [6.07, 6.45) is 1.89. The smallest absolute Gasteiger partial charge is 0.267 e. The van der Waals surface area contributed by atoms with Gasteiger partial charge in [0.25, 0.3) is 5.91 Å². The van der Waals surface area contributed by atoms with Crippen molar-refractivity contribution in [2.24, 2.45) is 4.99 Å². The third kappa shape index (κ3) is 5.81. The largest absolute Gasteiger partial charge is 0.497 e. The van der Waals surface area contributed by atoms with E-state index in [1.54, 1.807) is 19.1 Å². The van der Waals surface area contributed by atoms with Crippen molar-refractivity contribution in [2.75, 3.05) is 45.4 Å². The molecular weight excluding hydrogens is 486 g/mol. The van der Waals surface area contributed by atoms with E-state index in [0.717, 1.165) is 47.1 Å². The van der Waals surface area contributed by atoms with Crippen molar-refractivity contribution in [1.29, 1.82) is 0 Å². The molecule has 37 heavy (non-hydrogen) atoms. The molecule has 0 N–H and O–H groups in total. The van der Waals surface area contributed by atoms with Gasteiger partial charge in [0.05, 0.1) is 44.6 Å². The monoisotopic (exact) mass is 515 g/mol. The number of rotatable bonds is 7. The number of methoxy groups -OCH3 is 2. The Morgan fingerprint density at radius 2 is 1.73 bits per heavy atom. The second kappa shape index (κ2) is 11.5. The van der Waals surface area contributed by atoms with Gasteiger partial charge in [0, 0.05) is 30.4 Å². The highest BCUT2D eigenvalue weighted by molar-refractivity contribution is 8.18. The van der Waals surface area contributed by atoms with Gasteiger partial charge in [-0.25, -0.2) is 4.99 Å². The van der Waals surface area contributed by atoms with Gasteiger partial charge in [0.15, 0.2) is 5.17 Å². The number of thioether (sulfide) groups is 1. The third-order valence-electron chi connectivity index (χ3n) is 6.25. The molecule has 1 amide bonds. The summed E-state index contributed by atoms with van der Waals surface area (Å²) in [5, 5.41) is 0.641. The minimum absolute atomic E-state index is 0.0881. The summed E-state index contributed by atoms with van der Waals surface area (Å²) in [6.45, 7) is 3.53. The van der Waals surface area contributed by atoms with Gasteiger partial charge in [-0.2, -0.15) is 0 Å². The zero-order valence-corrected chi connectivity index (χ0v) is 21.7. The highest BCUT2D eigenvalue weighted by atomic mass is 32.2. The molecule has 0 aliphatic carbocycles. The number of hydrogen-bond acceptors (Lipinski definition) is 7. The second-order valence-electron chi connectivity index (χ2n) is 8.61. The molecule has 0 bridgehead atoms. The molecule has 0 spiro atoms. The zero-order chi connectivity index (χ0) is 25.6. The lowest BCUT2D eigenvalue weighted by atomic mass is 10.1. The van der Waals surface area contributed by atoms with Crippen molar-refractivity contribution < 1.29 is 19.0 Å². The van der Waals surface area contributed by atoms with Crippen molar-refractivity contribution >= 4 is 40.3 Å². The molecule has 3 aromatic rings. The number of hydrogen-bond donors (Lipinski definition) is 0. The highest BCUT2D eigenvalue weighted by Crippen LogP contribution is 2.37. The van der Waals surface area contributed by atoms with Crippen LogP contribution in [0.15, 0.2) is 82.7 Å². The maximum Gasteiger partial charge on any atom is 0.267 e. The Kier molecular flexibility index (Phi) is 7.77. The number of para-hydroxylation sites is 1. The molecule has 190 valence electrons. The Morgan fingerprint density at radius 1 is 0.973 bits per heavy atom. The van der Waals surface area contributed by atoms with Crippen LogP contribution in [0, 0.1) is 0 Å². The summed E-state index contributed by atoms with van der Waals surface area (Å²) >= 11 is 1.38. The van der Waals surface area contributed by atoms with Gasteiger partial charge in [-0.15, -0.1) is 0 Å². The molecule has 2 fully saturated rings. The summed E-state index contributed by atoms with van der Waals surface area (Å²) in [4.78, 5) is 23.0. The maximum absolute atomic E-state index is 13.6. The van der Waals surface area contributed by atoms with E-state index in [4.69, 9.17) is 19.2 Å². The van der Waals surface area contributed by atoms with E-state index < -0.39 is 0 Å². The van der Waals surface area contributed by atoms with Gasteiger partial charge >= 0.3 is 0 Å². The van der Waals surface area contributed by atoms with Crippen molar-refractivity contribution in [3.8, 4) is 11.5 Å². The number of carbonyl (C=O) groups is 1. The second-order valence-corrected chi connectivity index (χ2v) is 9.61. The fraction of sp³-hybridized carbons (Fsp3) is 0.241. The Balaban J connectivity index is 1.45. The van der Waals surface area contributed by atoms with Gasteiger partial charge in [-0.3, -0.25) is 9.69 Å². The zero-order valence-electron chi connectivity index (χ0n) is 20.9. The van der Waals surface area contributed by atoms with Crippen LogP contribution < -0.4 is 14.4 Å². The number of amidine groups is 1. The molecule has 0 aromatic heterocycles. The first-order valence-electron chi connectivity index (χ1n) is 12.1. The number of benzene rings is 3. The molecule has 3 aromatic carbocycles. The summed E-state index contributed by atoms with van der Waals surface area (Å²) < 4.78 is 16.5. The normalized spacial score (nSPS) is 18.1. The van der Waals surface area contributed by atoms with E-state index in [-0.39, 0.29) is 5.91 Å².